The molecule has 0 aliphatic heterocycles. The van der Waals surface area contributed by atoms with Crippen molar-refractivity contribution >= 4 is 73.8 Å². The molecule has 1 atom stereocenters. The highest BCUT2D eigenvalue weighted by Gasteiger charge is 2.26. The van der Waals surface area contributed by atoms with Gasteiger partial charge in [-0.25, -0.2) is 4.98 Å². The number of para-hydroxylation sites is 1. The van der Waals surface area contributed by atoms with Crippen molar-refractivity contribution in [3.8, 4) is 18.2 Å². The van der Waals surface area contributed by atoms with E-state index in [9.17, 15) is 4.79 Å². The number of carbonyl (C=O) groups excluding carboxylic acids is 1. The Morgan fingerprint density at radius 2 is 2.12 bits per heavy atom. The Hall–Kier alpha value is -0.730. The van der Waals surface area contributed by atoms with Gasteiger partial charge >= 0.3 is 0 Å². The van der Waals surface area contributed by atoms with Gasteiger partial charge in [0.2, 0.25) is 11.3 Å². The minimum absolute atomic E-state index is 0.272. The van der Waals surface area contributed by atoms with E-state index in [1.54, 1.807) is 13.8 Å². The third kappa shape index (κ3) is 4.67. The quantitative estimate of drug-likeness (QED) is 0.338. The number of benzene rings is 1. The largest absolute Gasteiger partial charge is 0.452 e. The fraction of sp³-hybridized carbons (Fsp3) is 0.294. The molecule has 2 aromatic rings. The SMILES string of the molecule is C#CC(C)(C)NC(=O)C(Oc1nc2c(I)cccc2cc1I)SC. The van der Waals surface area contributed by atoms with E-state index in [1.807, 2.05) is 30.5 Å². The van der Waals surface area contributed by atoms with Gasteiger partial charge in [0.1, 0.15) is 0 Å². The summed E-state index contributed by atoms with van der Waals surface area (Å²) in [6.45, 7) is 3.53. The monoisotopic (exact) mass is 566 g/mol. The summed E-state index contributed by atoms with van der Waals surface area (Å²) in [6, 6.07) is 7.98. The van der Waals surface area contributed by atoms with Gasteiger partial charge < -0.3 is 10.1 Å². The molecule has 0 bridgehead atoms. The lowest BCUT2D eigenvalue weighted by atomic mass is 10.1. The van der Waals surface area contributed by atoms with Gasteiger partial charge in [0.25, 0.3) is 5.91 Å². The number of amides is 1. The van der Waals surface area contributed by atoms with Gasteiger partial charge in [-0.3, -0.25) is 4.79 Å². The molecule has 24 heavy (non-hydrogen) atoms. The molecule has 1 amide bonds. The van der Waals surface area contributed by atoms with Crippen LogP contribution in [0.2, 0.25) is 0 Å². The Balaban J connectivity index is 2.29. The fourth-order valence-corrected chi connectivity index (χ4v) is 3.60. The Kier molecular flexibility index (Phi) is 6.61. The molecule has 1 heterocycles. The summed E-state index contributed by atoms with van der Waals surface area (Å²) in [5, 5.41) is 3.83. The van der Waals surface area contributed by atoms with Crippen molar-refractivity contribution in [1.29, 1.82) is 0 Å². The van der Waals surface area contributed by atoms with Crippen LogP contribution in [0.1, 0.15) is 13.8 Å². The summed E-state index contributed by atoms with van der Waals surface area (Å²) in [5.41, 5.74) is -0.594. The smallest absolute Gasteiger partial charge is 0.272 e. The molecule has 1 aromatic heterocycles. The summed E-state index contributed by atoms with van der Waals surface area (Å²) in [7, 11) is 0. The fourth-order valence-electron chi connectivity index (χ4n) is 1.92. The van der Waals surface area contributed by atoms with E-state index in [4.69, 9.17) is 11.2 Å². The number of terminal acetylenes is 1. The Labute approximate surface area is 173 Å². The van der Waals surface area contributed by atoms with Crippen molar-refractivity contribution in [3.05, 3.63) is 31.4 Å². The number of nitrogens with one attached hydrogen (secondary N) is 1. The predicted octanol–water partition coefficient (Wildman–Crippen LogP) is 4.04. The van der Waals surface area contributed by atoms with E-state index >= 15 is 0 Å². The molecule has 0 aliphatic carbocycles. The van der Waals surface area contributed by atoms with Crippen LogP contribution in [0, 0.1) is 19.5 Å². The number of nitrogens with zero attached hydrogens (tertiary/aromatic N) is 1. The van der Waals surface area contributed by atoms with Crippen molar-refractivity contribution < 1.29 is 9.53 Å². The first-order chi connectivity index (χ1) is 11.3. The van der Waals surface area contributed by atoms with E-state index in [-0.39, 0.29) is 5.91 Å². The number of hydrogen-bond acceptors (Lipinski definition) is 4. The first-order valence-electron chi connectivity index (χ1n) is 7.01. The van der Waals surface area contributed by atoms with Crippen LogP contribution in [0.3, 0.4) is 0 Å². The summed E-state index contributed by atoms with van der Waals surface area (Å²) >= 11 is 5.70. The van der Waals surface area contributed by atoms with Crippen LogP contribution in [-0.4, -0.2) is 28.1 Å². The van der Waals surface area contributed by atoms with Gasteiger partial charge in [0.15, 0.2) is 0 Å². The molecule has 7 heteroatoms. The molecule has 1 unspecified atom stereocenters. The molecule has 0 radical (unpaired) electrons. The average Bonchev–Trinajstić information content (AvgIpc) is 2.53. The second-order valence-electron chi connectivity index (χ2n) is 5.53. The number of ether oxygens (including phenoxy) is 1. The molecule has 1 N–H and O–H groups in total. The highest BCUT2D eigenvalue weighted by molar-refractivity contribution is 14.1. The van der Waals surface area contributed by atoms with E-state index in [0.29, 0.717) is 5.88 Å². The number of halogens is 2. The van der Waals surface area contributed by atoms with E-state index in [2.05, 4.69) is 61.4 Å². The van der Waals surface area contributed by atoms with Crippen LogP contribution in [0.4, 0.5) is 0 Å². The number of rotatable bonds is 5. The lowest BCUT2D eigenvalue weighted by Gasteiger charge is -2.23. The van der Waals surface area contributed by atoms with Crippen LogP contribution < -0.4 is 10.1 Å². The Morgan fingerprint density at radius 1 is 1.42 bits per heavy atom. The van der Waals surface area contributed by atoms with Crippen LogP contribution in [0.25, 0.3) is 10.9 Å². The third-order valence-corrected chi connectivity index (χ3v) is 5.54. The lowest BCUT2D eigenvalue weighted by molar-refractivity contribution is -0.125. The first kappa shape index (κ1) is 19.6. The molecule has 0 saturated heterocycles. The number of fused-ring (bicyclic) bond motifs is 1. The van der Waals surface area contributed by atoms with Crippen molar-refractivity contribution in [2.75, 3.05) is 6.26 Å². The first-order valence-corrected chi connectivity index (χ1v) is 10.5. The van der Waals surface area contributed by atoms with Crippen LogP contribution in [0.15, 0.2) is 24.3 Å². The zero-order valence-electron chi connectivity index (χ0n) is 13.4. The van der Waals surface area contributed by atoms with Crippen LogP contribution in [-0.2, 0) is 4.79 Å². The molecular weight excluding hydrogens is 550 g/mol. The van der Waals surface area contributed by atoms with Gasteiger partial charge in [-0.05, 0) is 77.4 Å². The molecule has 2 rings (SSSR count). The number of aromatic nitrogens is 1. The summed E-state index contributed by atoms with van der Waals surface area (Å²) in [5.74, 6) is 2.72. The zero-order valence-corrected chi connectivity index (χ0v) is 18.5. The number of carbonyl (C=O) groups is 1. The molecule has 0 spiro atoms. The molecule has 0 saturated carbocycles. The van der Waals surface area contributed by atoms with Crippen molar-refractivity contribution in [2.45, 2.75) is 24.8 Å². The van der Waals surface area contributed by atoms with Crippen molar-refractivity contribution in [3.63, 3.8) is 0 Å². The van der Waals surface area contributed by atoms with E-state index in [0.717, 1.165) is 18.0 Å². The maximum absolute atomic E-state index is 12.4. The zero-order chi connectivity index (χ0) is 17.9. The molecule has 0 fully saturated rings. The van der Waals surface area contributed by atoms with Gasteiger partial charge in [-0.1, -0.05) is 18.1 Å². The average molecular weight is 566 g/mol. The number of thioether (sulfide) groups is 1. The van der Waals surface area contributed by atoms with E-state index < -0.39 is 11.0 Å². The maximum Gasteiger partial charge on any atom is 0.272 e. The summed E-state index contributed by atoms with van der Waals surface area (Å²) < 4.78 is 7.75. The Bertz CT molecular complexity index is 818. The van der Waals surface area contributed by atoms with Crippen LogP contribution >= 0.6 is 56.9 Å². The summed E-state index contributed by atoms with van der Waals surface area (Å²) in [4.78, 5) is 17.0. The molecule has 126 valence electrons. The minimum Gasteiger partial charge on any atom is -0.452 e. The van der Waals surface area contributed by atoms with Gasteiger partial charge in [0, 0.05) is 8.96 Å². The molecule has 1 aromatic carbocycles. The molecule has 0 aliphatic rings. The Morgan fingerprint density at radius 3 is 2.75 bits per heavy atom. The molecular formula is C17H16I2N2O2S. The topological polar surface area (TPSA) is 51.2 Å². The summed E-state index contributed by atoms with van der Waals surface area (Å²) in [6.07, 6.45) is 7.24. The van der Waals surface area contributed by atoms with E-state index in [1.165, 1.54) is 11.8 Å². The number of pyridine rings is 1. The van der Waals surface area contributed by atoms with Crippen molar-refractivity contribution in [1.82, 2.24) is 10.3 Å². The predicted molar refractivity (Wildman–Crippen MR) is 116 cm³/mol. The van der Waals surface area contributed by atoms with Crippen molar-refractivity contribution in [2.24, 2.45) is 0 Å². The van der Waals surface area contributed by atoms with Gasteiger partial charge in [0.05, 0.1) is 14.6 Å². The highest BCUT2D eigenvalue weighted by atomic mass is 127. The normalized spacial score (nSPS) is 12.5. The second kappa shape index (κ2) is 8.10. The van der Waals surface area contributed by atoms with Gasteiger partial charge in [-0.15, -0.1) is 18.2 Å². The molecule has 4 nitrogen and oxygen atoms in total. The lowest BCUT2D eigenvalue weighted by Crippen LogP contribution is -2.47. The minimum atomic E-state index is -0.728. The third-order valence-electron chi connectivity index (χ3n) is 3.16. The van der Waals surface area contributed by atoms with Gasteiger partial charge in [-0.2, -0.15) is 0 Å². The maximum atomic E-state index is 12.4. The standard InChI is InChI=1S/C17H16I2N2O2S/c1-5-17(2,3)21-14(22)16(24-4)23-15-12(19)9-10-7-6-8-11(18)13(10)20-15/h1,6-9,16H,2-4H3,(H,21,22). The highest BCUT2D eigenvalue weighted by Crippen LogP contribution is 2.28. The number of hydrogen-bond donors (Lipinski definition) is 1. The second-order valence-corrected chi connectivity index (χ2v) is 8.75. The van der Waals surface area contributed by atoms with Crippen LogP contribution in [0.5, 0.6) is 5.88 Å².